The first-order chi connectivity index (χ1) is 16.4. The summed E-state index contributed by atoms with van der Waals surface area (Å²) in [7, 11) is 0. The lowest BCUT2D eigenvalue weighted by atomic mass is 9.80. The van der Waals surface area contributed by atoms with Gasteiger partial charge in [-0.3, -0.25) is 9.59 Å². The molecule has 0 saturated carbocycles. The number of nitrogens with zero attached hydrogens (tertiary/aromatic N) is 2. The molecule has 2 fully saturated rings. The summed E-state index contributed by atoms with van der Waals surface area (Å²) in [5.41, 5.74) is 0.978. The summed E-state index contributed by atoms with van der Waals surface area (Å²) in [4.78, 5) is 40.1. The van der Waals surface area contributed by atoms with Gasteiger partial charge in [0, 0.05) is 19.6 Å². The highest BCUT2D eigenvalue weighted by Crippen LogP contribution is 2.35. The minimum absolute atomic E-state index is 0.00749. The molecule has 1 N–H and O–H groups in total. The number of carbonyl (C=O) groups is 3. The van der Waals surface area contributed by atoms with E-state index in [1.165, 1.54) is 0 Å². The molecule has 2 aromatic rings. The first-order valence-electron chi connectivity index (χ1n) is 11.5. The normalized spacial score (nSPS) is 21.4. The van der Waals surface area contributed by atoms with Gasteiger partial charge in [-0.25, -0.2) is 4.79 Å². The summed E-state index contributed by atoms with van der Waals surface area (Å²) in [6.07, 6.45) is 1.52. The zero-order valence-corrected chi connectivity index (χ0v) is 19.3. The number of carboxylic acids is 1. The number of amides is 2. The average molecular weight is 467 g/mol. The number of carboxylic acid groups (broad SMARTS) is 1. The Bertz CT molecular complexity index is 1030. The van der Waals surface area contributed by atoms with Gasteiger partial charge in [0.05, 0.1) is 17.7 Å². The fourth-order valence-corrected chi connectivity index (χ4v) is 4.80. The molecule has 2 aliphatic heterocycles. The van der Waals surface area contributed by atoms with Gasteiger partial charge in [0.15, 0.2) is 6.61 Å². The van der Waals surface area contributed by atoms with Crippen LogP contribution in [0, 0.1) is 5.92 Å². The van der Waals surface area contributed by atoms with Crippen LogP contribution in [0.15, 0.2) is 54.6 Å². The SMILES string of the molecule is C[C@]1(C2CCN(C(=O)c3ccccc3OCC(=O)O)CC2)CN(Cc2ccccc2)C(=O)CO1. The van der Waals surface area contributed by atoms with Crippen LogP contribution in [0.1, 0.15) is 35.7 Å². The molecular formula is C26H30N2O6. The first-order valence-corrected chi connectivity index (χ1v) is 11.5. The molecule has 2 aliphatic rings. The second-order valence-corrected chi connectivity index (χ2v) is 9.08. The van der Waals surface area contributed by atoms with E-state index in [0.717, 1.165) is 18.4 Å². The molecule has 4 rings (SSSR count). The Morgan fingerprint density at radius 1 is 1.09 bits per heavy atom. The highest BCUT2D eigenvalue weighted by Gasteiger charge is 2.43. The maximum absolute atomic E-state index is 13.1. The minimum Gasteiger partial charge on any atom is -0.481 e. The van der Waals surface area contributed by atoms with E-state index in [-0.39, 0.29) is 30.1 Å². The Balaban J connectivity index is 1.38. The summed E-state index contributed by atoms with van der Waals surface area (Å²) in [5.74, 6) is -0.790. The lowest BCUT2D eigenvalue weighted by molar-refractivity contribution is -0.173. The summed E-state index contributed by atoms with van der Waals surface area (Å²) in [5, 5.41) is 8.89. The van der Waals surface area contributed by atoms with Crippen molar-refractivity contribution in [2.45, 2.75) is 31.9 Å². The molecule has 2 aromatic carbocycles. The molecule has 34 heavy (non-hydrogen) atoms. The Kier molecular flexibility index (Phi) is 7.17. The largest absolute Gasteiger partial charge is 0.481 e. The summed E-state index contributed by atoms with van der Waals surface area (Å²) < 4.78 is 11.4. The molecule has 8 heteroatoms. The first kappa shape index (κ1) is 23.8. The van der Waals surface area contributed by atoms with E-state index in [9.17, 15) is 14.4 Å². The molecule has 0 aliphatic carbocycles. The smallest absolute Gasteiger partial charge is 0.341 e. The van der Waals surface area contributed by atoms with Crippen LogP contribution in [-0.2, 0) is 20.9 Å². The Morgan fingerprint density at radius 2 is 1.76 bits per heavy atom. The van der Waals surface area contributed by atoms with Crippen molar-refractivity contribution in [3.8, 4) is 5.75 Å². The van der Waals surface area contributed by atoms with Crippen LogP contribution in [0.2, 0.25) is 0 Å². The number of rotatable bonds is 7. The highest BCUT2D eigenvalue weighted by atomic mass is 16.5. The van der Waals surface area contributed by atoms with Crippen LogP contribution in [0.25, 0.3) is 0 Å². The molecule has 0 spiro atoms. The number of aliphatic carboxylic acids is 1. The van der Waals surface area contributed by atoms with E-state index < -0.39 is 18.2 Å². The Morgan fingerprint density at radius 3 is 2.47 bits per heavy atom. The van der Waals surface area contributed by atoms with Crippen molar-refractivity contribution in [1.29, 1.82) is 0 Å². The number of ether oxygens (including phenoxy) is 2. The summed E-state index contributed by atoms with van der Waals surface area (Å²) in [6, 6.07) is 16.6. The van der Waals surface area contributed by atoms with Gasteiger partial charge >= 0.3 is 5.97 Å². The zero-order chi connectivity index (χ0) is 24.1. The van der Waals surface area contributed by atoms with E-state index >= 15 is 0 Å². The van der Waals surface area contributed by atoms with Crippen LogP contribution in [-0.4, -0.2) is 71.1 Å². The van der Waals surface area contributed by atoms with Crippen LogP contribution in [0.4, 0.5) is 0 Å². The van der Waals surface area contributed by atoms with Gasteiger partial charge in [-0.2, -0.15) is 0 Å². The molecule has 2 heterocycles. The number of hydrogen-bond donors (Lipinski definition) is 1. The van der Waals surface area contributed by atoms with Crippen molar-refractivity contribution >= 4 is 17.8 Å². The lowest BCUT2D eigenvalue weighted by Gasteiger charge is -2.47. The van der Waals surface area contributed by atoms with E-state index in [2.05, 4.69) is 6.92 Å². The lowest BCUT2D eigenvalue weighted by Crippen LogP contribution is -2.58. The molecule has 2 saturated heterocycles. The van der Waals surface area contributed by atoms with E-state index in [1.807, 2.05) is 35.2 Å². The van der Waals surface area contributed by atoms with Crippen LogP contribution in [0.5, 0.6) is 5.75 Å². The van der Waals surface area contributed by atoms with Crippen molar-refractivity contribution in [2.75, 3.05) is 32.8 Å². The molecule has 0 unspecified atom stereocenters. The molecular weight excluding hydrogens is 436 g/mol. The van der Waals surface area contributed by atoms with Crippen molar-refractivity contribution in [1.82, 2.24) is 9.80 Å². The van der Waals surface area contributed by atoms with Crippen LogP contribution in [0.3, 0.4) is 0 Å². The predicted molar refractivity (Wildman–Crippen MR) is 124 cm³/mol. The molecule has 2 amide bonds. The Hall–Kier alpha value is -3.39. The fraction of sp³-hybridized carbons (Fsp3) is 0.423. The van der Waals surface area contributed by atoms with Crippen LogP contribution >= 0.6 is 0 Å². The summed E-state index contributed by atoms with van der Waals surface area (Å²) >= 11 is 0. The number of hydrogen-bond acceptors (Lipinski definition) is 5. The zero-order valence-electron chi connectivity index (χ0n) is 19.3. The van der Waals surface area contributed by atoms with Gasteiger partial charge < -0.3 is 24.4 Å². The number of para-hydroxylation sites is 1. The number of likely N-dealkylation sites (tertiary alicyclic amines) is 1. The molecule has 1 atom stereocenters. The van der Waals surface area contributed by atoms with Gasteiger partial charge in [-0.15, -0.1) is 0 Å². The van der Waals surface area contributed by atoms with E-state index in [4.69, 9.17) is 14.6 Å². The number of morpholine rings is 1. The maximum Gasteiger partial charge on any atom is 0.341 e. The summed E-state index contributed by atoms with van der Waals surface area (Å²) in [6.45, 7) is 3.82. The monoisotopic (exact) mass is 466 g/mol. The van der Waals surface area contributed by atoms with Crippen molar-refractivity contribution in [3.05, 3.63) is 65.7 Å². The van der Waals surface area contributed by atoms with Crippen molar-refractivity contribution < 1.29 is 29.0 Å². The molecule has 0 bridgehead atoms. The average Bonchev–Trinajstić information content (AvgIpc) is 2.85. The van der Waals surface area contributed by atoms with Gasteiger partial charge in [0.25, 0.3) is 5.91 Å². The molecule has 8 nitrogen and oxygen atoms in total. The van der Waals surface area contributed by atoms with E-state index in [0.29, 0.717) is 31.7 Å². The Labute approximate surface area is 199 Å². The number of benzene rings is 2. The van der Waals surface area contributed by atoms with Crippen molar-refractivity contribution in [3.63, 3.8) is 0 Å². The number of carbonyl (C=O) groups excluding carboxylic acids is 2. The van der Waals surface area contributed by atoms with Gasteiger partial charge in [0.2, 0.25) is 5.91 Å². The van der Waals surface area contributed by atoms with Crippen LogP contribution < -0.4 is 4.74 Å². The third-order valence-corrected chi connectivity index (χ3v) is 6.71. The molecule has 0 aromatic heterocycles. The topological polar surface area (TPSA) is 96.4 Å². The molecule has 180 valence electrons. The second-order valence-electron chi connectivity index (χ2n) is 9.08. The third-order valence-electron chi connectivity index (χ3n) is 6.71. The third kappa shape index (κ3) is 5.39. The van der Waals surface area contributed by atoms with Gasteiger partial charge in [-0.05, 0) is 43.4 Å². The quantitative estimate of drug-likeness (QED) is 0.674. The van der Waals surface area contributed by atoms with Gasteiger partial charge in [-0.1, -0.05) is 42.5 Å². The predicted octanol–water partition coefficient (Wildman–Crippen LogP) is 2.82. The van der Waals surface area contributed by atoms with E-state index in [1.54, 1.807) is 29.2 Å². The standard InChI is InChI=1S/C26H30N2O6/c1-26(18-28(23(29)16-34-26)15-19-7-3-2-4-8-19)20-11-13-27(14-12-20)25(32)21-9-5-6-10-22(21)33-17-24(30)31/h2-10,20H,11-18H2,1H3,(H,30,31)/t26-/m1/s1. The maximum atomic E-state index is 13.1. The fourth-order valence-electron chi connectivity index (χ4n) is 4.80. The highest BCUT2D eigenvalue weighted by molar-refractivity contribution is 5.97. The molecule has 0 radical (unpaired) electrons. The van der Waals surface area contributed by atoms with Crippen molar-refractivity contribution in [2.24, 2.45) is 5.92 Å². The minimum atomic E-state index is -1.09. The second kappa shape index (κ2) is 10.3. The number of piperidine rings is 1. The van der Waals surface area contributed by atoms with Gasteiger partial charge in [0.1, 0.15) is 12.4 Å².